The molecule has 3 rings (SSSR count). The van der Waals surface area contributed by atoms with E-state index in [1.54, 1.807) is 18.2 Å². The maximum Gasteiger partial charge on any atom is 0.240 e. The van der Waals surface area contributed by atoms with Gasteiger partial charge in [-0.1, -0.05) is 67.6 Å². The lowest BCUT2D eigenvalue weighted by molar-refractivity contribution is 0.183. The predicted molar refractivity (Wildman–Crippen MR) is 99.9 cm³/mol. The first-order chi connectivity index (χ1) is 12.0. The van der Waals surface area contributed by atoms with E-state index in [-0.39, 0.29) is 11.4 Å². The second-order valence-electron chi connectivity index (χ2n) is 5.90. The van der Waals surface area contributed by atoms with Gasteiger partial charge >= 0.3 is 0 Å². The number of aryl methyl sites for hydroxylation is 1. The molecule has 0 aliphatic carbocycles. The zero-order valence-electron chi connectivity index (χ0n) is 14.0. The van der Waals surface area contributed by atoms with Crippen LogP contribution in [0.3, 0.4) is 0 Å². The number of hydrogen-bond acceptors (Lipinski definition) is 3. The van der Waals surface area contributed by atoms with Crippen LogP contribution in [-0.2, 0) is 16.4 Å². The third kappa shape index (κ3) is 3.74. The molecule has 0 aromatic heterocycles. The Bertz CT molecular complexity index is 978. The minimum absolute atomic E-state index is 0.0750. The molecular weight excluding hydrogens is 334 g/mol. The van der Waals surface area contributed by atoms with Gasteiger partial charge in [0.25, 0.3) is 0 Å². The van der Waals surface area contributed by atoms with Gasteiger partial charge in [0, 0.05) is 6.54 Å². The molecule has 0 saturated carbocycles. The van der Waals surface area contributed by atoms with Crippen molar-refractivity contribution in [2.75, 3.05) is 6.54 Å². The summed E-state index contributed by atoms with van der Waals surface area (Å²) >= 11 is 0. The lowest BCUT2D eigenvalue weighted by atomic mass is 10.0. The molecule has 0 amide bonds. The molecule has 2 N–H and O–H groups in total. The van der Waals surface area contributed by atoms with Crippen LogP contribution >= 0.6 is 0 Å². The standard InChI is InChI=1S/C20H21NO3S/c1-2-15-8-4-6-13-20(15)25(23,24)21-14-19(22)18-12-7-10-16-9-3-5-11-17(16)18/h3-13,19,21-22H,2,14H2,1H3. The van der Waals surface area contributed by atoms with Gasteiger partial charge < -0.3 is 5.11 Å². The van der Waals surface area contributed by atoms with Gasteiger partial charge in [-0.3, -0.25) is 0 Å². The molecule has 0 aliphatic heterocycles. The normalized spacial score (nSPS) is 13.0. The maximum absolute atomic E-state index is 12.6. The Morgan fingerprint density at radius 1 is 0.960 bits per heavy atom. The molecule has 0 aliphatic rings. The Morgan fingerprint density at radius 2 is 1.64 bits per heavy atom. The molecule has 3 aromatic carbocycles. The monoisotopic (exact) mass is 355 g/mol. The number of aliphatic hydroxyl groups is 1. The molecule has 25 heavy (non-hydrogen) atoms. The molecule has 0 radical (unpaired) electrons. The van der Waals surface area contributed by atoms with Crippen LogP contribution < -0.4 is 4.72 Å². The Hall–Kier alpha value is -2.21. The molecular formula is C20H21NO3S. The molecule has 0 spiro atoms. The molecule has 0 bridgehead atoms. The number of fused-ring (bicyclic) bond motifs is 1. The van der Waals surface area contributed by atoms with Gasteiger partial charge in [-0.15, -0.1) is 0 Å². The van der Waals surface area contributed by atoms with Gasteiger partial charge in [0.15, 0.2) is 0 Å². The van der Waals surface area contributed by atoms with E-state index in [2.05, 4.69) is 4.72 Å². The SMILES string of the molecule is CCc1ccccc1S(=O)(=O)NCC(O)c1cccc2ccccc12. The van der Waals surface area contributed by atoms with Crippen molar-refractivity contribution >= 4 is 20.8 Å². The van der Waals surface area contributed by atoms with Crippen molar-refractivity contribution in [2.24, 2.45) is 0 Å². The summed E-state index contributed by atoms with van der Waals surface area (Å²) in [6.45, 7) is 1.84. The molecule has 1 atom stereocenters. The largest absolute Gasteiger partial charge is 0.387 e. The van der Waals surface area contributed by atoms with Gasteiger partial charge in [-0.25, -0.2) is 13.1 Å². The van der Waals surface area contributed by atoms with Gasteiger partial charge in [-0.05, 0) is 34.4 Å². The molecule has 0 fully saturated rings. The molecule has 130 valence electrons. The van der Waals surface area contributed by atoms with Gasteiger partial charge in [0.2, 0.25) is 10.0 Å². The van der Waals surface area contributed by atoms with Crippen LogP contribution in [-0.4, -0.2) is 20.1 Å². The van der Waals surface area contributed by atoms with E-state index in [9.17, 15) is 13.5 Å². The van der Waals surface area contributed by atoms with Crippen molar-refractivity contribution in [3.63, 3.8) is 0 Å². The first kappa shape index (κ1) is 17.6. The van der Waals surface area contributed by atoms with Crippen LogP contribution in [0.15, 0.2) is 71.6 Å². The van der Waals surface area contributed by atoms with Crippen molar-refractivity contribution in [3.8, 4) is 0 Å². The van der Waals surface area contributed by atoms with Crippen molar-refractivity contribution < 1.29 is 13.5 Å². The van der Waals surface area contributed by atoms with Crippen molar-refractivity contribution in [2.45, 2.75) is 24.3 Å². The van der Waals surface area contributed by atoms with E-state index in [1.165, 1.54) is 0 Å². The number of hydrogen-bond donors (Lipinski definition) is 2. The van der Waals surface area contributed by atoms with E-state index in [0.717, 1.165) is 16.3 Å². The fourth-order valence-electron chi connectivity index (χ4n) is 2.98. The van der Waals surface area contributed by atoms with Crippen molar-refractivity contribution in [3.05, 3.63) is 77.9 Å². The fourth-order valence-corrected chi connectivity index (χ4v) is 4.32. The quantitative estimate of drug-likeness (QED) is 0.712. The van der Waals surface area contributed by atoms with Gasteiger partial charge in [-0.2, -0.15) is 0 Å². The highest BCUT2D eigenvalue weighted by Gasteiger charge is 2.19. The lowest BCUT2D eigenvalue weighted by Crippen LogP contribution is -2.29. The Kier molecular flexibility index (Phi) is 5.18. The minimum atomic E-state index is -3.67. The van der Waals surface area contributed by atoms with Gasteiger partial charge in [0.05, 0.1) is 11.0 Å². The van der Waals surface area contributed by atoms with Crippen LogP contribution in [0.1, 0.15) is 24.2 Å². The summed E-state index contributed by atoms with van der Waals surface area (Å²) in [6, 6.07) is 20.3. The molecule has 4 nitrogen and oxygen atoms in total. The fraction of sp³-hybridized carbons (Fsp3) is 0.200. The van der Waals surface area contributed by atoms with E-state index < -0.39 is 16.1 Å². The predicted octanol–water partition coefficient (Wildman–Crippen LogP) is 3.41. The Labute approximate surface area is 148 Å². The van der Waals surface area contributed by atoms with Crippen LogP contribution in [0.25, 0.3) is 10.8 Å². The highest BCUT2D eigenvalue weighted by Crippen LogP contribution is 2.24. The average molecular weight is 355 g/mol. The van der Waals surface area contributed by atoms with Crippen LogP contribution in [0.5, 0.6) is 0 Å². The van der Waals surface area contributed by atoms with Crippen LogP contribution in [0, 0.1) is 0 Å². The average Bonchev–Trinajstić information content (AvgIpc) is 2.65. The number of nitrogens with one attached hydrogen (secondary N) is 1. The van der Waals surface area contributed by atoms with Crippen molar-refractivity contribution in [1.29, 1.82) is 0 Å². The zero-order valence-corrected chi connectivity index (χ0v) is 14.8. The second kappa shape index (κ2) is 7.35. The third-order valence-corrected chi connectivity index (χ3v) is 5.82. The lowest BCUT2D eigenvalue weighted by Gasteiger charge is -2.16. The molecule has 1 unspecified atom stereocenters. The van der Waals surface area contributed by atoms with E-state index in [4.69, 9.17) is 0 Å². The Morgan fingerprint density at radius 3 is 2.44 bits per heavy atom. The first-order valence-corrected chi connectivity index (χ1v) is 9.74. The number of aliphatic hydroxyl groups excluding tert-OH is 1. The van der Waals surface area contributed by atoms with E-state index in [0.29, 0.717) is 12.0 Å². The summed E-state index contributed by atoms with van der Waals surface area (Å²) in [5.41, 5.74) is 1.47. The number of sulfonamides is 1. The molecule has 0 saturated heterocycles. The van der Waals surface area contributed by atoms with Crippen LogP contribution in [0.4, 0.5) is 0 Å². The molecule has 3 aromatic rings. The summed E-state index contributed by atoms with van der Waals surface area (Å²) < 4.78 is 27.7. The first-order valence-electron chi connectivity index (χ1n) is 8.26. The van der Waals surface area contributed by atoms with Crippen LogP contribution in [0.2, 0.25) is 0 Å². The van der Waals surface area contributed by atoms with Crippen molar-refractivity contribution in [1.82, 2.24) is 4.72 Å². The van der Waals surface area contributed by atoms with Gasteiger partial charge in [0.1, 0.15) is 0 Å². The summed E-state index contributed by atoms with van der Waals surface area (Å²) in [4.78, 5) is 0.266. The summed E-state index contributed by atoms with van der Waals surface area (Å²) in [5, 5.41) is 12.5. The number of rotatable bonds is 6. The topological polar surface area (TPSA) is 66.4 Å². The zero-order chi connectivity index (χ0) is 17.9. The molecule has 0 heterocycles. The third-order valence-electron chi connectivity index (χ3n) is 4.29. The number of benzene rings is 3. The second-order valence-corrected chi connectivity index (χ2v) is 7.63. The summed E-state index contributed by atoms with van der Waals surface area (Å²) in [5.74, 6) is 0. The minimum Gasteiger partial charge on any atom is -0.387 e. The summed E-state index contributed by atoms with van der Waals surface area (Å²) in [7, 11) is -3.67. The van der Waals surface area contributed by atoms with E-state index >= 15 is 0 Å². The van der Waals surface area contributed by atoms with E-state index in [1.807, 2.05) is 55.5 Å². The summed E-state index contributed by atoms with van der Waals surface area (Å²) in [6.07, 6.45) is -0.294. The molecule has 5 heteroatoms. The highest BCUT2D eigenvalue weighted by atomic mass is 32.2. The highest BCUT2D eigenvalue weighted by molar-refractivity contribution is 7.89. The smallest absolute Gasteiger partial charge is 0.240 e. The Balaban J connectivity index is 1.83. The maximum atomic E-state index is 12.6.